The Labute approximate surface area is 171 Å². The minimum Gasteiger partial charge on any atom is -0.369 e. The Kier molecular flexibility index (Phi) is 4.24. The van der Waals surface area contributed by atoms with E-state index < -0.39 is 5.79 Å². The van der Waals surface area contributed by atoms with Gasteiger partial charge < -0.3 is 24.3 Å². The Morgan fingerprint density at radius 2 is 2.03 bits per heavy atom. The van der Waals surface area contributed by atoms with Gasteiger partial charge in [-0.15, -0.1) is 0 Å². The molecule has 3 fully saturated rings. The third-order valence-electron chi connectivity index (χ3n) is 6.70. The molecule has 3 aliphatic rings. The van der Waals surface area contributed by atoms with Gasteiger partial charge in [-0.2, -0.15) is 0 Å². The quantitative estimate of drug-likeness (QED) is 0.630. The molecular formula is C21H30N6O2. The van der Waals surface area contributed by atoms with Crippen molar-refractivity contribution in [3.63, 3.8) is 0 Å². The maximum Gasteiger partial charge on any atom is 0.166 e. The molecule has 3 heterocycles. The smallest absolute Gasteiger partial charge is 0.166 e. The van der Waals surface area contributed by atoms with E-state index in [9.17, 15) is 0 Å². The van der Waals surface area contributed by atoms with Crippen LogP contribution in [0.4, 0.5) is 5.82 Å². The molecule has 29 heavy (non-hydrogen) atoms. The van der Waals surface area contributed by atoms with Gasteiger partial charge in [-0.3, -0.25) is 0 Å². The van der Waals surface area contributed by atoms with Crippen molar-refractivity contribution in [2.45, 2.75) is 63.2 Å². The number of hydrogen-bond donors (Lipinski definition) is 1. The van der Waals surface area contributed by atoms with Gasteiger partial charge in [0.25, 0.3) is 0 Å². The van der Waals surface area contributed by atoms with E-state index in [1.807, 2.05) is 39.9 Å². The first-order valence-electron chi connectivity index (χ1n) is 10.4. The van der Waals surface area contributed by atoms with Crippen LogP contribution in [0.3, 0.4) is 0 Å². The van der Waals surface area contributed by atoms with Gasteiger partial charge >= 0.3 is 0 Å². The van der Waals surface area contributed by atoms with Gasteiger partial charge in [0.15, 0.2) is 11.6 Å². The average molecular weight is 399 g/mol. The highest BCUT2D eigenvalue weighted by Gasteiger charge is 2.65. The molecular weight excluding hydrogens is 368 g/mol. The highest BCUT2D eigenvalue weighted by Crippen LogP contribution is 2.62. The molecule has 2 aliphatic carbocycles. The van der Waals surface area contributed by atoms with Crippen LogP contribution >= 0.6 is 0 Å². The maximum atomic E-state index is 6.43. The molecule has 0 unspecified atom stereocenters. The summed E-state index contributed by atoms with van der Waals surface area (Å²) in [5, 5.41) is 4.38. The van der Waals surface area contributed by atoms with Gasteiger partial charge in [0.05, 0.1) is 23.9 Å². The van der Waals surface area contributed by atoms with E-state index in [1.54, 1.807) is 12.7 Å². The van der Waals surface area contributed by atoms with Gasteiger partial charge in [0, 0.05) is 31.7 Å². The van der Waals surface area contributed by atoms with E-state index >= 15 is 0 Å². The minimum absolute atomic E-state index is 0.0297. The first-order valence-corrected chi connectivity index (χ1v) is 10.4. The van der Waals surface area contributed by atoms with E-state index in [0.29, 0.717) is 11.9 Å². The molecule has 2 saturated carbocycles. The van der Waals surface area contributed by atoms with Crippen molar-refractivity contribution in [1.29, 1.82) is 0 Å². The molecule has 1 saturated heterocycles. The van der Waals surface area contributed by atoms with E-state index in [2.05, 4.69) is 37.1 Å². The summed E-state index contributed by atoms with van der Waals surface area (Å²) in [6.07, 6.45) is 8.93. The van der Waals surface area contributed by atoms with E-state index in [4.69, 9.17) is 9.47 Å². The lowest BCUT2D eigenvalue weighted by Crippen LogP contribution is -2.53. The molecule has 8 heteroatoms. The first-order chi connectivity index (χ1) is 13.8. The third-order valence-corrected chi connectivity index (χ3v) is 6.70. The topological polar surface area (TPSA) is 76.8 Å². The minimum atomic E-state index is -0.551. The molecule has 0 radical (unpaired) electrons. The van der Waals surface area contributed by atoms with Crippen molar-refractivity contribution in [2.24, 2.45) is 10.4 Å². The summed E-state index contributed by atoms with van der Waals surface area (Å²) in [6, 6.07) is 2.82. The molecule has 3 atom stereocenters. The molecule has 1 spiro atoms. The van der Waals surface area contributed by atoms with Gasteiger partial charge in [0.1, 0.15) is 18.1 Å². The van der Waals surface area contributed by atoms with Crippen LogP contribution in [0.1, 0.15) is 39.2 Å². The van der Waals surface area contributed by atoms with Crippen molar-refractivity contribution in [2.75, 3.05) is 21.1 Å². The van der Waals surface area contributed by atoms with Crippen molar-refractivity contribution in [1.82, 2.24) is 24.8 Å². The lowest BCUT2D eigenvalue weighted by molar-refractivity contribution is -0.178. The van der Waals surface area contributed by atoms with Crippen LogP contribution in [-0.4, -0.2) is 71.0 Å². The van der Waals surface area contributed by atoms with Gasteiger partial charge in [-0.1, -0.05) is 0 Å². The molecule has 1 aliphatic heterocycles. The SMILES string of the molecule is CNC1CC2(C1)C[C@@H](n1ccc3c(N=CN(C)C)ncnc31)[C@@H]1OC(C)(C)O[C@@H]12. The molecule has 156 valence electrons. The number of ether oxygens (including phenoxy) is 2. The zero-order chi connectivity index (χ0) is 20.4. The number of hydrogen-bond acceptors (Lipinski definition) is 6. The Bertz CT molecular complexity index is 946. The fraction of sp³-hybridized carbons (Fsp3) is 0.667. The van der Waals surface area contributed by atoms with Crippen molar-refractivity contribution in [3.8, 4) is 0 Å². The molecule has 0 aromatic carbocycles. The molecule has 8 nitrogen and oxygen atoms in total. The zero-order valence-electron chi connectivity index (χ0n) is 17.8. The molecule has 0 bridgehead atoms. The normalized spacial score (nSPS) is 35.5. The van der Waals surface area contributed by atoms with Crippen molar-refractivity contribution in [3.05, 3.63) is 18.6 Å². The Hall–Kier alpha value is -2.03. The highest BCUT2D eigenvalue weighted by atomic mass is 16.8. The summed E-state index contributed by atoms with van der Waals surface area (Å²) in [7, 11) is 5.94. The summed E-state index contributed by atoms with van der Waals surface area (Å²) < 4.78 is 15.1. The number of nitrogens with zero attached hydrogens (tertiary/aromatic N) is 5. The van der Waals surface area contributed by atoms with Gasteiger partial charge in [0.2, 0.25) is 0 Å². The Morgan fingerprint density at radius 1 is 1.24 bits per heavy atom. The summed E-state index contributed by atoms with van der Waals surface area (Å²) in [4.78, 5) is 15.4. The van der Waals surface area contributed by atoms with Crippen molar-refractivity contribution < 1.29 is 9.47 Å². The van der Waals surface area contributed by atoms with E-state index in [1.165, 1.54) is 0 Å². The van der Waals surface area contributed by atoms with Crippen LogP contribution in [0, 0.1) is 5.41 Å². The van der Waals surface area contributed by atoms with Crippen LogP contribution in [0.15, 0.2) is 23.6 Å². The van der Waals surface area contributed by atoms with Crippen LogP contribution in [0.25, 0.3) is 11.0 Å². The number of rotatable bonds is 4. The number of nitrogens with one attached hydrogen (secondary N) is 1. The molecule has 2 aromatic rings. The van der Waals surface area contributed by atoms with E-state index in [0.717, 1.165) is 30.3 Å². The van der Waals surface area contributed by atoms with Crippen LogP contribution < -0.4 is 5.32 Å². The lowest BCUT2D eigenvalue weighted by Gasteiger charge is -2.48. The average Bonchev–Trinajstić information content (AvgIpc) is 3.28. The Morgan fingerprint density at radius 3 is 2.76 bits per heavy atom. The fourth-order valence-corrected chi connectivity index (χ4v) is 5.47. The summed E-state index contributed by atoms with van der Waals surface area (Å²) in [6.45, 7) is 4.04. The maximum absolute atomic E-state index is 6.43. The number of aromatic nitrogens is 3. The first kappa shape index (κ1) is 19.0. The van der Waals surface area contributed by atoms with Crippen molar-refractivity contribution >= 4 is 23.2 Å². The zero-order valence-corrected chi connectivity index (χ0v) is 17.8. The van der Waals surface area contributed by atoms with E-state index in [-0.39, 0.29) is 23.7 Å². The molecule has 2 aromatic heterocycles. The third kappa shape index (κ3) is 2.96. The largest absolute Gasteiger partial charge is 0.369 e. The molecule has 5 rings (SSSR count). The summed E-state index contributed by atoms with van der Waals surface area (Å²) in [5.74, 6) is 0.139. The number of fused-ring (bicyclic) bond motifs is 3. The summed E-state index contributed by atoms with van der Waals surface area (Å²) in [5.41, 5.74) is 1.08. The molecule has 0 amide bonds. The second-order valence-corrected chi connectivity index (χ2v) is 9.41. The second-order valence-electron chi connectivity index (χ2n) is 9.41. The second kappa shape index (κ2) is 6.48. The Balaban J connectivity index is 1.52. The van der Waals surface area contributed by atoms with Gasteiger partial charge in [-0.05, 0) is 46.2 Å². The predicted molar refractivity (Wildman–Crippen MR) is 111 cm³/mol. The molecule has 1 N–H and O–H groups in total. The van der Waals surface area contributed by atoms with Crippen LogP contribution in [0.2, 0.25) is 0 Å². The number of aliphatic imine (C=N–C) groups is 1. The summed E-state index contributed by atoms with van der Waals surface area (Å²) >= 11 is 0. The van der Waals surface area contributed by atoms with Crippen LogP contribution in [-0.2, 0) is 9.47 Å². The lowest BCUT2D eigenvalue weighted by atomic mass is 9.63. The van der Waals surface area contributed by atoms with Gasteiger partial charge in [-0.25, -0.2) is 15.0 Å². The van der Waals surface area contributed by atoms with Crippen LogP contribution in [0.5, 0.6) is 0 Å². The highest BCUT2D eigenvalue weighted by molar-refractivity contribution is 5.87. The monoisotopic (exact) mass is 398 g/mol. The standard InChI is InChI=1S/C21H30N6O2/c1-20(2)28-16-15(10-21(17(16)29-20)8-13(9-21)22-3)27-7-6-14-18(25-12-26(4)5)23-11-24-19(14)27/h6-7,11-13,15-17,22H,8-10H2,1-5H3/t13?,15-,16+,17+,21?/m1/s1. The predicted octanol–water partition coefficient (Wildman–Crippen LogP) is 2.49. The fourth-order valence-electron chi connectivity index (χ4n) is 5.47.